The number of anilines is 1. The molecule has 0 bridgehead atoms. The van der Waals surface area contributed by atoms with Gasteiger partial charge in [0.2, 0.25) is 5.91 Å². The van der Waals surface area contributed by atoms with Gasteiger partial charge in [0, 0.05) is 49.8 Å². The van der Waals surface area contributed by atoms with Crippen LogP contribution in [0.4, 0.5) is 5.69 Å². The number of thiophene rings is 1. The zero-order valence-corrected chi connectivity index (χ0v) is 20.2. The zero-order chi connectivity index (χ0) is 22.6. The fraction of sp³-hybridized carbons (Fsp3) is 0.522. The first kappa shape index (κ1) is 23.1. The third-order valence-electron chi connectivity index (χ3n) is 6.16. The first-order valence-corrected chi connectivity index (χ1v) is 13.5. The molecule has 7 nitrogen and oxygen atoms in total. The lowest BCUT2D eigenvalue weighted by atomic mass is 10.2. The van der Waals surface area contributed by atoms with Crippen molar-refractivity contribution in [2.75, 3.05) is 51.3 Å². The highest BCUT2D eigenvalue weighted by molar-refractivity contribution is 7.91. The van der Waals surface area contributed by atoms with Crippen molar-refractivity contribution >= 4 is 33.0 Å². The van der Waals surface area contributed by atoms with Gasteiger partial charge in [-0.15, -0.1) is 11.3 Å². The van der Waals surface area contributed by atoms with Gasteiger partial charge in [0.05, 0.1) is 13.5 Å². The normalized spacial score (nSPS) is 18.4. The summed E-state index contributed by atoms with van der Waals surface area (Å²) in [4.78, 5) is 18.0. The Morgan fingerprint density at radius 1 is 0.906 bits per heavy atom. The molecular formula is C23H31N3O4S2. The molecule has 2 aliphatic rings. The molecule has 4 rings (SSSR count). The molecule has 174 valence electrons. The van der Waals surface area contributed by atoms with Crippen molar-refractivity contribution < 1.29 is 17.9 Å². The van der Waals surface area contributed by atoms with E-state index in [0.29, 0.717) is 23.8 Å². The van der Waals surface area contributed by atoms with Gasteiger partial charge in [-0.3, -0.25) is 4.79 Å². The van der Waals surface area contributed by atoms with Crippen molar-refractivity contribution in [3.8, 4) is 5.75 Å². The molecule has 2 aliphatic heterocycles. The summed E-state index contributed by atoms with van der Waals surface area (Å²) in [6.45, 7) is 4.23. The molecule has 2 saturated heterocycles. The molecule has 0 atom stereocenters. The van der Waals surface area contributed by atoms with Crippen molar-refractivity contribution in [1.82, 2.24) is 9.21 Å². The molecule has 2 aromatic rings. The van der Waals surface area contributed by atoms with E-state index < -0.39 is 10.0 Å². The van der Waals surface area contributed by atoms with E-state index in [4.69, 9.17) is 4.74 Å². The number of amides is 1. The molecule has 2 fully saturated rings. The summed E-state index contributed by atoms with van der Waals surface area (Å²) in [6.07, 6.45) is 4.07. The Balaban J connectivity index is 1.35. The van der Waals surface area contributed by atoms with Gasteiger partial charge in [0.15, 0.2) is 0 Å². The van der Waals surface area contributed by atoms with Crippen LogP contribution < -0.4 is 9.64 Å². The number of piperidine rings is 1. The number of nitrogens with zero attached hydrogens (tertiary/aromatic N) is 3. The van der Waals surface area contributed by atoms with Crippen LogP contribution in [0.3, 0.4) is 0 Å². The Labute approximate surface area is 194 Å². The van der Waals surface area contributed by atoms with E-state index in [2.05, 4.69) is 4.90 Å². The van der Waals surface area contributed by atoms with E-state index >= 15 is 0 Å². The van der Waals surface area contributed by atoms with Gasteiger partial charge in [-0.05, 0) is 55.7 Å². The lowest BCUT2D eigenvalue weighted by Crippen LogP contribution is -2.36. The van der Waals surface area contributed by atoms with Gasteiger partial charge in [-0.2, -0.15) is 4.31 Å². The average molecular weight is 478 g/mol. The molecule has 0 saturated carbocycles. The minimum Gasteiger partial charge on any atom is -0.497 e. The van der Waals surface area contributed by atoms with Crippen LogP contribution in [0.5, 0.6) is 5.75 Å². The molecule has 1 aromatic heterocycles. The van der Waals surface area contributed by atoms with Gasteiger partial charge >= 0.3 is 0 Å². The van der Waals surface area contributed by atoms with Crippen LogP contribution in [0.25, 0.3) is 0 Å². The predicted octanol–water partition coefficient (Wildman–Crippen LogP) is 3.21. The lowest BCUT2D eigenvalue weighted by Gasteiger charge is -2.25. The van der Waals surface area contributed by atoms with E-state index in [1.54, 1.807) is 23.5 Å². The Bertz CT molecular complexity index is 1010. The average Bonchev–Trinajstić information content (AvgIpc) is 3.15. The number of benzene rings is 1. The van der Waals surface area contributed by atoms with E-state index in [-0.39, 0.29) is 12.3 Å². The quantitative estimate of drug-likeness (QED) is 0.639. The Morgan fingerprint density at radius 3 is 2.38 bits per heavy atom. The van der Waals surface area contributed by atoms with E-state index in [0.717, 1.165) is 61.6 Å². The van der Waals surface area contributed by atoms with E-state index in [1.165, 1.54) is 11.3 Å². The van der Waals surface area contributed by atoms with Crippen LogP contribution in [-0.2, 0) is 21.2 Å². The number of hydrogen-bond acceptors (Lipinski definition) is 6. The van der Waals surface area contributed by atoms with Gasteiger partial charge in [0.1, 0.15) is 9.96 Å². The lowest BCUT2D eigenvalue weighted by molar-refractivity contribution is -0.130. The molecule has 1 aromatic carbocycles. The third kappa shape index (κ3) is 5.27. The number of carbonyl (C=O) groups is 1. The van der Waals surface area contributed by atoms with Gasteiger partial charge in [-0.1, -0.05) is 6.42 Å². The molecule has 3 heterocycles. The van der Waals surface area contributed by atoms with Crippen molar-refractivity contribution in [2.24, 2.45) is 0 Å². The number of ether oxygens (including phenoxy) is 1. The maximum atomic E-state index is 12.9. The number of hydrogen-bond donors (Lipinski definition) is 0. The molecule has 0 aliphatic carbocycles. The highest BCUT2D eigenvalue weighted by atomic mass is 32.2. The second-order valence-electron chi connectivity index (χ2n) is 8.28. The summed E-state index contributed by atoms with van der Waals surface area (Å²) in [5.41, 5.74) is 1.13. The summed E-state index contributed by atoms with van der Waals surface area (Å²) < 4.78 is 32.9. The topological polar surface area (TPSA) is 70.2 Å². The minimum atomic E-state index is -3.44. The zero-order valence-electron chi connectivity index (χ0n) is 18.5. The molecule has 0 spiro atoms. The van der Waals surface area contributed by atoms with Crippen molar-refractivity contribution in [1.29, 1.82) is 0 Å². The Morgan fingerprint density at radius 2 is 1.66 bits per heavy atom. The fourth-order valence-corrected chi connectivity index (χ4v) is 7.32. The van der Waals surface area contributed by atoms with Crippen LogP contribution in [-0.4, -0.2) is 69.9 Å². The molecule has 1 amide bonds. The monoisotopic (exact) mass is 477 g/mol. The first-order chi connectivity index (χ1) is 15.5. The van der Waals surface area contributed by atoms with Crippen LogP contribution in [0.2, 0.25) is 0 Å². The van der Waals surface area contributed by atoms with Crippen LogP contribution in [0.15, 0.2) is 40.6 Å². The number of rotatable bonds is 6. The molecule has 32 heavy (non-hydrogen) atoms. The second kappa shape index (κ2) is 10.2. The molecule has 0 N–H and O–H groups in total. The predicted molar refractivity (Wildman–Crippen MR) is 127 cm³/mol. The Kier molecular flexibility index (Phi) is 7.37. The largest absolute Gasteiger partial charge is 0.497 e. The van der Waals surface area contributed by atoms with Crippen LogP contribution in [0, 0.1) is 0 Å². The molecular weight excluding hydrogens is 446 g/mol. The van der Waals surface area contributed by atoms with Crippen LogP contribution >= 0.6 is 11.3 Å². The fourth-order valence-electron chi connectivity index (χ4n) is 4.30. The summed E-state index contributed by atoms with van der Waals surface area (Å²) in [6, 6.07) is 11.5. The molecule has 9 heteroatoms. The van der Waals surface area contributed by atoms with Gasteiger partial charge < -0.3 is 14.5 Å². The highest BCUT2D eigenvalue weighted by Gasteiger charge is 2.28. The van der Waals surface area contributed by atoms with Crippen molar-refractivity contribution in [3.05, 3.63) is 41.3 Å². The minimum absolute atomic E-state index is 0.0605. The summed E-state index contributed by atoms with van der Waals surface area (Å²) in [7, 11) is -1.78. The Hall–Kier alpha value is -2.10. The standard InChI is InChI=1S/C23H31N3O4S2/c1-30-20-8-6-19(7-9-20)24-12-5-13-25(17-16-24)22(27)18-21-10-11-23(31-21)32(28,29)26-14-3-2-4-15-26/h6-11H,2-5,12-18H2,1H3. The highest BCUT2D eigenvalue weighted by Crippen LogP contribution is 2.28. The van der Waals surface area contributed by atoms with Crippen molar-refractivity contribution in [2.45, 2.75) is 36.3 Å². The smallest absolute Gasteiger partial charge is 0.252 e. The van der Waals surface area contributed by atoms with Crippen LogP contribution in [0.1, 0.15) is 30.6 Å². The second-order valence-corrected chi connectivity index (χ2v) is 11.6. The summed E-state index contributed by atoms with van der Waals surface area (Å²) in [5.74, 6) is 0.892. The summed E-state index contributed by atoms with van der Waals surface area (Å²) >= 11 is 1.23. The number of methoxy groups -OCH3 is 1. The first-order valence-electron chi connectivity index (χ1n) is 11.2. The van der Waals surface area contributed by atoms with E-state index in [9.17, 15) is 13.2 Å². The number of sulfonamides is 1. The summed E-state index contributed by atoms with van der Waals surface area (Å²) in [5, 5.41) is 0. The van der Waals surface area contributed by atoms with Crippen molar-refractivity contribution in [3.63, 3.8) is 0 Å². The van der Waals surface area contributed by atoms with E-state index in [1.807, 2.05) is 29.2 Å². The van der Waals surface area contributed by atoms with Gasteiger partial charge in [-0.25, -0.2) is 8.42 Å². The molecule has 0 unspecified atom stereocenters. The maximum Gasteiger partial charge on any atom is 0.252 e. The number of carbonyl (C=O) groups excluding carboxylic acids is 1. The SMILES string of the molecule is COc1ccc(N2CCCN(C(=O)Cc3ccc(S(=O)(=O)N4CCCCC4)s3)CC2)cc1. The third-order valence-corrected chi connectivity index (χ3v) is 9.61. The van der Waals surface area contributed by atoms with Gasteiger partial charge in [0.25, 0.3) is 10.0 Å². The maximum absolute atomic E-state index is 12.9. The molecule has 0 radical (unpaired) electrons.